The Labute approximate surface area is 185 Å². The molecule has 0 unspecified atom stereocenters. The lowest BCUT2D eigenvalue weighted by atomic mass is 10.1. The van der Waals surface area contributed by atoms with Gasteiger partial charge in [-0.2, -0.15) is 4.98 Å². The van der Waals surface area contributed by atoms with Gasteiger partial charge in [-0.1, -0.05) is 11.2 Å². The minimum atomic E-state index is 0.222. The fourth-order valence-corrected chi connectivity index (χ4v) is 4.11. The van der Waals surface area contributed by atoms with Crippen molar-refractivity contribution in [3.8, 4) is 28.6 Å². The maximum atomic E-state index is 12.5. The van der Waals surface area contributed by atoms with Crippen LogP contribution in [0, 0.1) is 0 Å². The van der Waals surface area contributed by atoms with Crippen molar-refractivity contribution in [1.82, 2.24) is 24.6 Å². The van der Waals surface area contributed by atoms with Gasteiger partial charge in [0.05, 0.1) is 24.5 Å². The van der Waals surface area contributed by atoms with Crippen molar-refractivity contribution in [2.45, 2.75) is 32.2 Å². The number of methoxy groups -OCH3 is 1. The Hall–Kier alpha value is -3.68. The summed E-state index contributed by atoms with van der Waals surface area (Å²) in [5.74, 6) is 1.88. The van der Waals surface area contributed by atoms with E-state index < -0.39 is 0 Å². The van der Waals surface area contributed by atoms with Crippen LogP contribution in [0.2, 0.25) is 0 Å². The molecular formula is C24H25N5O3. The molecule has 1 aliphatic rings. The number of piperidine rings is 1. The highest BCUT2D eigenvalue weighted by Gasteiger charge is 2.17. The zero-order valence-corrected chi connectivity index (χ0v) is 18.0. The molecule has 4 aromatic rings. The van der Waals surface area contributed by atoms with E-state index in [2.05, 4.69) is 15.1 Å². The van der Waals surface area contributed by atoms with Gasteiger partial charge in [-0.05, 0) is 55.7 Å². The quantitative estimate of drug-likeness (QED) is 0.456. The van der Waals surface area contributed by atoms with E-state index >= 15 is 0 Å². The molecule has 0 atom stereocenters. The molecule has 1 amide bonds. The van der Waals surface area contributed by atoms with Crippen molar-refractivity contribution in [3.05, 3.63) is 48.8 Å². The summed E-state index contributed by atoms with van der Waals surface area (Å²) in [5, 5.41) is 4.13. The lowest BCUT2D eigenvalue weighted by Crippen LogP contribution is -2.35. The largest absolute Gasteiger partial charge is 0.497 e. The third-order valence-corrected chi connectivity index (χ3v) is 5.90. The van der Waals surface area contributed by atoms with Crippen LogP contribution in [0.1, 0.15) is 25.7 Å². The summed E-state index contributed by atoms with van der Waals surface area (Å²) < 4.78 is 12.7. The van der Waals surface area contributed by atoms with Gasteiger partial charge >= 0.3 is 0 Å². The summed E-state index contributed by atoms with van der Waals surface area (Å²) in [7, 11) is 1.62. The number of hydrogen-bond acceptors (Lipinski definition) is 6. The number of rotatable bonds is 6. The standard InChI is InChI=1S/C24H25N5O3/c1-31-19-7-5-6-18(14-19)24-26-23(27-32-24)17-8-9-21-20(15-17)25-16-29(21)13-10-22(30)28-11-3-2-4-12-28/h5-9,14-16H,2-4,10-13H2,1H3. The van der Waals surface area contributed by atoms with E-state index in [0.29, 0.717) is 24.7 Å². The molecule has 8 heteroatoms. The Bertz CT molecular complexity index is 1240. The van der Waals surface area contributed by atoms with Crippen molar-refractivity contribution in [2.75, 3.05) is 20.2 Å². The number of amides is 1. The van der Waals surface area contributed by atoms with Gasteiger partial charge in [0.15, 0.2) is 0 Å². The number of carbonyl (C=O) groups is 1. The number of nitrogens with zero attached hydrogens (tertiary/aromatic N) is 5. The van der Waals surface area contributed by atoms with Crippen LogP contribution in [0.4, 0.5) is 0 Å². The van der Waals surface area contributed by atoms with Crippen molar-refractivity contribution in [3.63, 3.8) is 0 Å². The van der Waals surface area contributed by atoms with Gasteiger partial charge in [0.2, 0.25) is 11.7 Å². The first-order valence-electron chi connectivity index (χ1n) is 10.9. The SMILES string of the molecule is COc1cccc(-c2nc(-c3ccc4c(c3)ncn4CCC(=O)N3CCCCC3)no2)c1. The molecule has 0 N–H and O–H groups in total. The van der Waals surface area contributed by atoms with E-state index in [4.69, 9.17) is 9.26 Å². The predicted octanol–water partition coefficient (Wildman–Crippen LogP) is 4.16. The summed E-state index contributed by atoms with van der Waals surface area (Å²) in [6, 6.07) is 13.4. The average Bonchev–Trinajstić information content (AvgIpc) is 3.50. The van der Waals surface area contributed by atoms with Crippen LogP contribution in [0.5, 0.6) is 5.75 Å². The maximum Gasteiger partial charge on any atom is 0.258 e. The second-order valence-corrected chi connectivity index (χ2v) is 7.99. The zero-order chi connectivity index (χ0) is 21.9. The normalized spacial score (nSPS) is 14.1. The zero-order valence-electron chi connectivity index (χ0n) is 18.0. The summed E-state index contributed by atoms with van der Waals surface area (Å²) >= 11 is 0. The minimum absolute atomic E-state index is 0.222. The summed E-state index contributed by atoms with van der Waals surface area (Å²) in [5.41, 5.74) is 3.44. The number of ether oxygens (including phenoxy) is 1. The monoisotopic (exact) mass is 431 g/mol. The fourth-order valence-electron chi connectivity index (χ4n) is 4.11. The van der Waals surface area contributed by atoms with Crippen molar-refractivity contribution >= 4 is 16.9 Å². The summed E-state index contributed by atoms with van der Waals surface area (Å²) in [4.78, 5) is 23.5. The number of benzene rings is 2. The number of hydrogen-bond donors (Lipinski definition) is 0. The Morgan fingerprint density at radius 2 is 1.97 bits per heavy atom. The van der Waals surface area contributed by atoms with Crippen LogP contribution in [0.15, 0.2) is 53.3 Å². The molecule has 32 heavy (non-hydrogen) atoms. The second-order valence-electron chi connectivity index (χ2n) is 7.99. The fraction of sp³-hybridized carbons (Fsp3) is 0.333. The molecule has 1 fully saturated rings. The molecule has 0 radical (unpaired) electrons. The Morgan fingerprint density at radius 1 is 1.09 bits per heavy atom. The van der Waals surface area contributed by atoms with Gasteiger partial charge in [-0.3, -0.25) is 4.79 Å². The van der Waals surface area contributed by atoms with Gasteiger partial charge in [0.1, 0.15) is 5.75 Å². The van der Waals surface area contributed by atoms with E-state index in [1.807, 2.05) is 51.9 Å². The molecule has 8 nitrogen and oxygen atoms in total. The Balaban J connectivity index is 1.31. The van der Waals surface area contributed by atoms with Crippen LogP contribution in [0.25, 0.3) is 33.9 Å². The number of likely N-dealkylation sites (tertiary alicyclic amines) is 1. The average molecular weight is 431 g/mol. The Kier molecular flexibility index (Phi) is 5.58. The molecule has 0 spiro atoms. The molecule has 0 saturated carbocycles. The molecule has 2 aromatic carbocycles. The summed E-state index contributed by atoms with van der Waals surface area (Å²) in [6.07, 6.45) is 5.72. The molecule has 1 saturated heterocycles. The van der Waals surface area contributed by atoms with Crippen LogP contribution >= 0.6 is 0 Å². The van der Waals surface area contributed by atoms with Crippen LogP contribution in [-0.4, -0.2) is 50.7 Å². The predicted molar refractivity (Wildman–Crippen MR) is 120 cm³/mol. The molecule has 0 aliphatic carbocycles. The van der Waals surface area contributed by atoms with E-state index in [1.165, 1.54) is 6.42 Å². The van der Waals surface area contributed by atoms with Crippen molar-refractivity contribution < 1.29 is 14.1 Å². The highest BCUT2D eigenvalue weighted by atomic mass is 16.5. The lowest BCUT2D eigenvalue weighted by molar-refractivity contribution is -0.132. The molecule has 0 bridgehead atoms. The number of carbonyl (C=O) groups excluding carboxylic acids is 1. The van der Waals surface area contributed by atoms with Crippen LogP contribution in [0.3, 0.4) is 0 Å². The van der Waals surface area contributed by atoms with Gasteiger partial charge < -0.3 is 18.7 Å². The second kappa shape index (κ2) is 8.82. The van der Waals surface area contributed by atoms with E-state index in [-0.39, 0.29) is 5.91 Å². The van der Waals surface area contributed by atoms with Crippen molar-refractivity contribution in [1.29, 1.82) is 0 Å². The number of imidazole rings is 1. The highest BCUT2D eigenvalue weighted by molar-refractivity contribution is 5.81. The third-order valence-electron chi connectivity index (χ3n) is 5.90. The van der Waals surface area contributed by atoms with Gasteiger partial charge in [-0.25, -0.2) is 4.98 Å². The summed E-state index contributed by atoms with van der Waals surface area (Å²) in [6.45, 7) is 2.39. The smallest absolute Gasteiger partial charge is 0.258 e. The van der Waals surface area contributed by atoms with Gasteiger partial charge in [0, 0.05) is 37.2 Å². The molecular weight excluding hydrogens is 406 g/mol. The van der Waals surface area contributed by atoms with Crippen LogP contribution < -0.4 is 4.74 Å². The highest BCUT2D eigenvalue weighted by Crippen LogP contribution is 2.27. The van der Waals surface area contributed by atoms with Crippen molar-refractivity contribution in [2.24, 2.45) is 0 Å². The molecule has 5 rings (SSSR count). The first kappa shape index (κ1) is 20.2. The molecule has 3 heterocycles. The van der Waals surface area contributed by atoms with Gasteiger partial charge in [0.25, 0.3) is 5.89 Å². The topological polar surface area (TPSA) is 86.3 Å². The number of fused-ring (bicyclic) bond motifs is 1. The maximum absolute atomic E-state index is 12.5. The Morgan fingerprint density at radius 3 is 2.81 bits per heavy atom. The van der Waals surface area contributed by atoms with E-state index in [1.54, 1.807) is 13.4 Å². The van der Waals surface area contributed by atoms with E-state index in [9.17, 15) is 4.79 Å². The lowest BCUT2D eigenvalue weighted by Gasteiger charge is -2.26. The number of aryl methyl sites for hydroxylation is 1. The molecule has 2 aromatic heterocycles. The minimum Gasteiger partial charge on any atom is -0.497 e. The third kappa shape index (κ3) is 4.08. The van der Waals surface area contributed by atoms with Gasteiger partial charge in [-0.15, -0.1) is 0 Å². The number of aromatic nitrogens is 4. The first-order chi connectivity index (χ1) is 15.7. The first-order valence-corrected chi connectivity index (χ1v) is 10.9. The van der Waals surface area contributed by atoms with E-state index in [0.717, 1.165) is 53.8 Å². The molecule has 1 aliphatic heterocycles. The molecule has 164 valence electrons. The van der Waals surface area contributed by atoms with Crippen LogP contribution in [-0.2, 0) is 11.3 Å².